The first-order valence-electron chi connectivity index (χ1n) is 13.7. The molecule has 1 atom stereocenters. The molecule has 6 rings (SSSR count). The maximum Gasteiger partial charge on any atom is 0.410 e. The first-order valence-corrected chi connectivity index (χ1v) is 13.7. The smallest absolute Gasteiger partial charge is 0.410 e. The highest BCUT2D eigenvalue weighted by Crippen LogP contribution is 2.44. The molecule has 0 saturated heterocycles. The van der Waals surface area contributed by atoms with Crippen LogP contribution in [0.4, 0.5) is 4.79 Å². The molecular formula is C34H31N3O4. The number of carboxylic acid groups (broad SMARTS) is 1. The van der Waals surface area contributed by atoms with Gasteiger partial charge in [-0.05, 0) is 52.9 Å². The van der Waals surface area contributed by atoms with Gasteiger partial charge in [0.25, 0.3) is 0 Å². The fourth-order valence-corrected chi connectivity index (χ4v) is 5.90. The van der Waals surface area contributed by atoms with Crippen LogP contribution in [0.2, 0.25) is 0 Å². The fraction of sp³-hybridized carbons (Fsp3) is 0.206. The summed E-state index contributed by atoms with van der Waals surface area (Å²) in [6.45, 7) is 2.65. The van der Waals surface area contributed by atoms with E-state index in [-0.39, 0.29) is 18.9 Å². The number of nitrogens with zero attached hydrogens (tertiary/aromatic N) is 3. The summed E-state index contributed by atoms with van der Waals surface area (Å²) in [5.74, 6) is -1.19. The van der Waals surface area contributed by atoms with Gasteiger partial charge < -0.3 is 14.4 Å². The topological polar surface area (TPSA) is 84.7 Å². The Balaban J connectivity index is 1.21. The molecule has 1 amide bonds. The molecule has 0 fully saturated rings. The van der Waals surface area contributed by atoms with E-state index < -0.39 is 18.1 Å². The Morgan fingerprint density at radius 3 is 2.27 bits per heavy atom. The Morgan fingerprint density at radius 1 is 0.927 bits per heavy atom. The minimum Gasteiger partial charge on any atom is -0.480 e. The van der Waals surface area contributed by atoms with Crippen LogP contribution in [0.15, 0.2) is 97.2 Å². The molecule has 3 aromatic carbocycles. The summed E-state index contributed by atoms with van der Waals surface area (Å²) < 4.78 is 7.85. The summed E-state index contributed by atoms with van der Waals surface area (Å²) >= 11 is 0. The van der Waals surface area contributed by atoms with Crippen LogP contribution in [-0.4, -0.2) is 51.3 Å². The largest absolute Gasteiger partial charge is 0.480 e. The minimum absolute atomic E-state index is 0.101. The first kappa shape index (κ1) is 26.3. The van der Waals surface area contributed by atoms with Gasteiger partial charge in [-0.1, -0.05) is 72.8 Å². The maximum atomic E-state index is 13.2. The van der Waals surface area contributed by atoms with Crippen LogP contribution in [0.3, 0.4) is 0 Å². The molecule has 1 aliphatic rings. The highest BCUT2D eigenvalue weighted by molar-refractivity contribution is 5.86. The van der Waals surface area contributed by atoms with Crippen molar-refractivity contribution in [3.8, 4) is 11.1 Å². The molecule has 2 heterocycles. The quantitative estimate of drug-likeness (QED) is 0.248. The van der Waals surface area contributed by atoms with Gasteiger partial charge in [0.2, 0.25) is 0 Å². The van der Waals surface area contributed by atoms with Crippen LogP contribution in [0.5, 0.6) is 0 Å². The number of pyridine rings is 1. The van der Waals surface area contributed by atoms with Gasteiger partial charge in [0.15, 0.2) is 0 Å². The van der Waals surface area contributed by atoms with Crippen molar-refractivity contribution in [1.29, 1.82) is 0 Å². The van der Waals surface area contributed by atoms with E-state index in [0.717, 1.165) is 50.1 Å². The number of rotatable bonds is 8. The summed E-state index contributed by atoms with van der Waals surface area (Å²) in [6.07, 6.45) is 1.45. The molecule has 206 valence electrons. The molecule has 0 spiro atoms. The number of carboxylic acids is 1. The van der Waals surface area contributed by atoms with Gasteiger partial charge in [0, 0.05) is 42.2 Å². The number of carbonyl (C=O) groups excluding carboxylic acids is 1. The zero-order chi connectivity index (χ0) is 28.5. The van der Waals surface area contributed by atoms with Crippen molar-refractivity contribution in [2.24, 2.45) is 0 Å². The molecule has 0 radical (unpaired) electrons. The number of amides is 1. The lowest BCUT2D eigenvalue weighted by atomic mass is 9.98. The minimum atomic E-state index is -1.10. The molecule has 7 heteroatoms. The number of aliphatic carboxylic acids is 1. The summed E-state index contributed by atoms with van der Waals surface area (Å²) in [4.78, 5) is 31.5. The van der Waals surface area contributed by atoms with Crippen molar-refractivity contribution in [1.82, 2.24) is 14.5 Å². The van der Waals surface area contributed by atoms with E-state index in [1.54, 1.807) is 0 Å². The fourth-order valence-electron chi connectivity index (χ4n) is 5.90. The number of aryl methyl sites for hydroxylation is 1. The Labute approximate surface area is 238 Å². The van der Waals surface area contributed by atoms with E-state index in [0.29, 0.717) is 6.54 Å². The van der Waals surface area contributed by atoms with Crippen molar-refractivity contribution >= 4 is 23.0 Å². The van der Waals surface area contributed by atoms with E-state index in [9.17, 15) is 14.7 Å². The highest BCUT2D eigenvalue weighted by Gasteiger charge is 2.32. The number of carbonyl (C=O) groups is 2. The van der Waals surface area contributed by atoms with Crippen molar-refractivity contribution in [3.63, 3.8) is 0 Å². The van der Waals surface area contributed by atoms with Crippen LogP contribution in [0, 0.1) is 6.92 Å². The summed E-state index contributed by atoms with van der Waals surface area (Å²) in [5.41, 5.74) is 8.18. The predicted octanol–water partition coefficient (Wildman–Crippen LogP) is 6.27. The average molecular weight is 546 g/mol. The summed E-state index contributed by atoms with van der Waals surface area (Å²) in [7, 11) is 1.49. The molecule has 1 aliphatic carbocycles. The number of para-hydroxylation sites is 1. The lowest BCUT2D eigenvalue weighted by Crippen LogP contribution is -2.44. The highest BCUT2D eigenvalue weighted by atomic mass is 16.6. The monoisotopic (exact) mass is 545 g/mol. The van der Waals surface area contributed by atoms with Crippen LogP contribution in [-0.2, 0) is 22.5 Å². The van der Waals surface area contributed by atoms with Crippen LogP contribution < -0.4 is 0 Å². The third-order valence-corrected chi connectivity index (χ3v) is 7.94. The van der Waals surface area contributed by atoms with E-state index in [1.807, 2.05) is 79.9 Å². The molecule has 7 nitrogen and oxygen atoms in total. The number of fused-ring (bicyclic) bond motifs is 4. The predicted molar refractivity (Wildman–Crippen MR) is 158 cm³/mol. The summed E-state index contributed by atoms with van der Waals surface area (Å²) in [5, 5.41) is 11.1. The molecule has 5 aromatic rings. The zero-order valence-corrected chi connectivity index (χ0v) is 23.0. The second-order valence-electron chi connectivity index (χ2n) is 10.5. The molecule has 0 aliphatic heterocycles. The molecule has 41 heavy (non-hydrogen) atoms. The second-order valence-corrected chi connectivity index (χ2v) is 10.5. The normalized spacial score (nSPS) is 13.0. The van der Waals surface area contributed by atoms with Crippen molar-refractivity contribution < 1.29 is 19.4 Å². The van der Waals surface area contributed by atoms with Crippen molar-refractivity contribution in [3.05, 3.63) is 125 Å². The average Bonchev–Trinajstić information content (AvgIpc) is 3.49. The van der Waals surface area contributed by atoms with Gasteiger partial charge in [-0.15, -0.1) is 0 Å². The SMILES string of the molecule is Cc1cccc(Cn2cc(C[C@@H](C(=O)O)N(C)C(=O)OCC3c4ccccc4-c4ccccc43)c3ccccc32)n1. The number of hydrogen-bond acceptors (Lipinski definition) is 4. The van der Waals surface area contributed by atoms with Crippen LogP contribution >= 0.6 is 0 Å². The van der Waals surface area contributed by atoms with Gasteiger partial charge in [-0.3, -0.25) is 9.88 Å². The summed E-state index contributed by atoms with van der Waals surface area (Å²) in [6, 6.07) is 29.0. The van der Waals surface area contributed by atoms with E-state index in [2.05, 4.69) is 33.8 Å². The Morgan fingerprint density at radius 2 is 1.59 bits per heavy atom. The molecular weight excluding hydrogens is 514 g/mol. The number of likely N-dealkylation sites (N-methyl/N-ethyl adjacent to an activating group) is 1. The molecule has 0 saturated carbocycles. The number of aromatic nitrogens is 2. The van der Waals surface area contributed by atoms with Gasteiger partial charge in [-0.25, -0.2) is 9.59 Å². The van der Waals surface area contributed by atoms with Gasteiger partial charge >= 0.3 is 12.1 Å². The lowest BCUT2D eigenvalue weighted by Gasteiger charge is -2.25. The Kier molecular flexibility index (Phi) is 7.01. The van der Waals surface area contributed by atoms with Crippen molar-refractivity contribution in [2.75, 3.05) is 13.7 Å². The molecule has 0 bridgehead atoms. The van der Waals surface area contributed by atoms with Gasteiger partial charge in [0.05, 0.1) is 12.2 Å². The maximum absolute atomic E-state index is 13.2. The lowest BCUT2D eigenvalue weighted by molar-refractivity contribution is -0.142. The zero-order valence-electron chi connectivity index (χ0n) is 23.0. The van der Waals surface area contributed by atoms with E-state index in [1.165, 1.54) is 11.9 Å². The van der Waals surface area contributed by atoms with Gasteiger partial charge in [-0.2, -0.15) is 0 Å². The number of benzene rings is 3. The Hall–Kier alpha value is -4.91. The van der Waals surface area contributed by atoms with Crippen LogP contribution in [0.25, 0.3) is 22.0 Å². The second kappa shape index (κ2) is 10.9. The molecule has 1 N–H and O–H groups in total. The van der Waals surface area contributed by atoms with Crippen LogP contribution in [0.1, 0.15) is 34.0 Å². The number of ether oxygens (including phenoxy) is 1. The Bertz CT molecular complexity index is 1710. The first-order chi connectivity index (χ1) is 19.9. The molecule has 0 unspecified atom stereocenters. The van der Waals surface area contributed by atoms with E-state index in [4.69, 9.17) is 4.74 Å². The third kappa shape index (κ3) is 5.07. The van der Waals surface area contributed by atoms with Crippen molar-refractivity contribution in [2.45, 2.75) is 31.8 Å². The number of hydrogen-bond donors (Lipinski definition) is 1. The van der Waals surface area contributed by atoms with E-state index >= 15 is 0 Å². The molecule has 2 aromatic heterocycles. The standard InChI is InChI=1S/C34H31N3O4/c1-22-10-9-11-24(35-22)20-37-19-23(25-12-7-8-17-31(25)37)18-32(33(38)39)36(2)34(40)41-21-30-28-15-5-3-13-26(28)27-14-4-6-16-29(27)30/h3-17,19,30,32H,18,20-21H2,1-2H3,(H,38,39)/t32-/m0/s1. The van der Waals surface area contributed by atoms with Gasteiger partial charge in [0.1, 0.15) is 12.6 Å². The third-order valence-electron chi connectivity index (χ3n) is 7.94.